The van der Waals surface area contributed by atoms with E-state index in [1.54, 1.807) is 0 Å². The number of nitrogens with one attached hydrogen (secondary N) is 1. The van der Waals surface area contributed by atoms with Gasteiger partial charge in [0.15, 0.2) is 0 Å². The maximum Gasteiger partial charge on any atom is 0.112 e. The van der Waals surface area contributed by atoms with Gasteiger partial charge in [-0.15, -0.1) is 0 Å². The predicted octanol–water partition coefficient (Wildman–Crippen LogP) is 0.164. The van der Waals surface area contributed by atoms with E-state index >= 15 is 0 Å². The normalized spacial score (nSPS) is 10.6. The molecular weight excluding hydrogens is 180 g/mol. The molecule has 0 radical (unpaired) electrons. The van der Waals surface area contributed by atoms with Crippen molar-refractivity contribution < 1.29 is 9.90 Å². The Hall–Kier alpha value is -1.84. The van der Waals surface area contributed by atoms with Gasteiger partial charge in [-0.25, -0.2) is 4.98 Å². The minimum Gasteiger partial charge on any atom is -0.550 e. The van der Waals surface area contributed by atoms with Crippen LogP contribution in [0.5, 0.6) is 0 Å². The Morgan fingerprint density at radius 3 is 3.07 bits per heavy atom. The fraction of sp³-hybridized carbons (Fsp3) is 0.200. The van der Waals surface area contributed by atoms with Crippen LogP contribution in [0.3, 0.4) is 0 Å². The Balaban J connectivity index is 2.46. The minimum absolute atomic E-state index is 0.173. The SMILES string of the molecule is Cc1ccc2nc(CC(=O)[O-])[nH]c2c1. The van der Waals surface area contributed by atoms with E-state index in [1.165, 1.54) is 0 Å². The molecule has 1 N–H and O–H groups in total. The molecule has 0 aliphatic heterocycles. The largest absolute Gasteiger partial charge is 0.550 e. The number of hydrogen-bond donors (Lipinski definition) is 1. The lowest BCUT2D eigenvalue weighted by Crippen LogP contribution is -2.24. The second kappa shape index (κ2) is 3.14. The van der Waals surface area contributed by atoms with Crippen molar-refractivity contribution >= 4 is 17.0 Å². The van der Waals surface area contributed by atoms with E-state index in [0.29, 0.717) is 5.82 Å². The lowest BCUT2D eigenvalue weighted by molar-refractivity contribution is -0.304. The summed E-state index contributed by atoms with van der Waals surface area (Å²) in [5, 5.41) is 10.3. The number of imidazole rings is 1. The zero-order valence-corrected chi connectivity index (χ0v) is 7.70. The molecule has 1 heterocycles. The molecule has 0 saturated heterocycles. The highest BCUT2D eigenvalue weighted by atomic mass is 16.4. The van der Waals surface area contributed by atoms with Crippen molar-refractivity contribution in [2.45, 2.75) is 13.3 Å². The summed E-state index contributed by atoms with van der Waals surface area (Å²) in [6, 6.07) is 5.73. The number of fused-ring (bicyclic) bond motifs is 1. The zero-order chi connectivity index (χ0) is 10.1. The van der Waals surface area contributed by atoms with Gasteiger partial charge in [0.25, 0.3) is 0 Å². The molecule has 0 saturated carbocycles. The maximum absolute atomic E-state index is 10.3. The highest BCUT2D eigenvalue weighted by Gasteiger charge is 2.02. The second-order valence-electron chi connectivity index (χ2n) is 3.25. The van der Waals surface area contributed by atoms with Crippen molar-refractivity contribution in [3.05, 3.63) is 29.6 Å². The van der Waals surface area contributed by atoms with Gasteiger partial charge in [-0.3, -0.25) is 0 Å². The van der Waals surface area contributed by atoms with Gasteiger partial charge in [0, 0.05) is 12.4 Å². The first-order valence-electron chi connectivity index (χ1n) is 4.30. The number of aromatic nitrogens is 2. The standard InChI is InChI=1S/C10H10N2O2/c1-6-2-3-7-8(4-6)12-9(11-7)5-10(13)14/h2-4H,5H2,1H3,(H,11,12)(H,13,14)/p-1. The van der Waals surface area contributed by atoms with E-state index in [0.717, 1.165) is 16.6 Å². The lowest BCUT2D eigenvalue weighted by atomic mass is 10.2. The molecule has 0 fully saturated rings. The third kappa shape index (κ3) is 1.59. The molecule has 2 aromatic rings. The van der Waals surface area contributed by atoms with Gasteiger partial charge in [0.1, 0.15) is 5.82 Å². The van der Waals surface area contributed by atoms with E-state index in [-0.39, 0.29) is 6.42 Å². The third-order valence-electron chi connectivity index (χ3n) is 2.00. The quantitative estimate of drug-likeness (QED) is 0.731. The Morgan fingerprint density at radius 1 is 1.57 bits per heavy atom. The number of carbonyl (C=O) groups excluding carboxylic acids is 1. The van der Waals surface area contributed by atoms with Crippen LogP contribution in [-0.4, -0.2) is 15.9 Å². The van der Waals surface area contributed by atoms with Gasteiger partial charge in [-0.1, -0.05) is 6.07 Å². The van der Waals surface area contributed by atoms with E-state index in [1.807, 2.05) is 25.1 Å². The highest BCUT2D eigenvalue weighted by molar-refractivity contribution is 5.77. The molecule has 0 aliphatic rings. The first-order valence-corrected chi connectivity index (χ1v) is 4.30. The molecule has 0 atom stereocenters. The number of carboxylic acid groups (broad SMARTS) is 1. The number of H-pyrrole nitrogens is 1. The van der Waals surface area contributed by atoms with Crippen LogP contribution in [0, 0.1) is 6.92 Å². The molecule has 72 valence electrons. The van der Waals surface area contributed by atoms with Gasteiger partial charge in [0.2, 0.25) is 0 Å². The molecule has 14 heavy (non-hydrogen) atoms. The summed E-state index contributed by atoms with van der Waals surface area (Å²) in [5.74, 6) is -0.689. The Bertz CT molecular complexity index is 488. The summed E-state index contributed by atoms with van der Waals surface area (Å²) in [5.41, 5.74) is 2.76. The van der Waals surface area contributed by atoms with E-state index in [9.17, 15) is 9.90 Å². The van der Waals surface area contributed by atoms with Gasteiger partial charge >= 0.3 is 0 Å². The minimum atomic E-state index is -1.12. The summed E-state index contributed by atoms with van der Waals surface area (Å²) in [6.45, 7) is 1.97. The summed E-state index contributed by atoms with van der Waals surface area (Å²) in [6.07, 6.45) is -0.173. The smallest absolute Gasteiger partial charge is 0.112 e. The van der Waals surface area contributed by atoms with Crippen LogP contribution in [0.1, 0.15) is 11.4 Å². The first kappa shape index (κ1) is 8.74. The molecule has 1 aromatic heterocycles. The lowest BCUT2D eigenvalue weighted by Gasteiger charge is -1.95. The molecule has 0 bridgehead atoms. The number of rotatable bonds is 2. The van der Waals surface area contributed by atoms with E-state index in [2.05, 4.69) is 9.97 Å². The molecule has 2 rings (SSSR count). The van der Waals surface area contributed by atoms with Crippen molar-refractivity contribution in [3.8, 4) is 0 Å². The van der Waals surface area contributed by atoms with Crippen molar-refractivity contribution in [2.75, 3.05) is 0 Å². The summed E-state index contributed by atoms with van der Waals surface area (Å²) in [7, 11) is 0. The fourth-order valence-electron chi connectivity index (χ4n) is 1.40. The number of aryl methyl sites for hydroxylation is 1. The molecule has 0 aliphatic carbocycles. The van der Waals surface area contributed by atoms with Crippen molar-refractivity contribution in [2.24, 2.45) is 0 Å². The summed E-state index contributed by atoms with van der Waals surface area (Å²) >= 11 is 0. The Kier molecular flexibility index (Phi) is 1.96. The molecule has 0 spiro atoms. The van der Waals surface area contributed by atoms with Gasteiger partial charge in [0.05, 0.1) is 11.0 Å². The van der Waals surface area contributed by atoms with Crippen LogP contribution >= 0.6 is 0 Å². The average molecular weight is 189 g/mol. The third-order valence-corrected chi connectivity index (χ3v) is 2.00. The summed E-state index contributed by atoms with van der Waals surface area (Å²) in [4.78, 5) is 17.4. The molecule has 0 amide bonds. The number of aromatic amines is 1. The van der Waals surface area contributed by atoms with Gasteiger partial charge in [-0.2, -0.15) is 0 Å². The van der Waals surface area contributed by atoms with Crippen LogP contribution < -0.4 is 5.11 Å². The fourth-order valence-corrected chi connectivity index (χ4v) is 1.40. The zero-order valence-electron chi connectivity index (χ0n) is 7.70. The average Bonchev–Trinajstić information content (AvgIpc) is 2.44. The number of nitrogens with zero attached hydrogens (tertiary/aromatic N) is 1. The maximum atomic E-state index is 10.3. The monoisotopic (exact) mass is 189 g/mol. The summed E-state index contributed by atoms with van der Waals surface area (Å²) < 4.78 is 0. The van der Waals surface area contributed by atoms with E-state index in [4.69, 9.17) is 0 Å². The Morgan fingerprint density at radius 2 is 2.36 bits per heavy atom. The van der Waals surface area contributed by atoms with Gasteiger partial charge in [-0.05, 0) is 24.6 Å². The van der Waals surface area contributed by atoms with Crippen LogP contribution in [0.4, 0.5) is 0 Å². The number of carbonyl (C=O) groups is 1. The number of aliphatic carboxylic acids is 1. The Labute approximate surface area is 80.6 Å². The molecule has 4 nitrogen and oxygen atoms in total. The van der Waals surface area contributed by atoms with Crippen molar-refractivity contribution in [3.63, 3.8) is 0 Å². The molecule has 0 unspecified atom stereocenters. The van der Waals surface area contributed by atoms with Crippen LogP contribution in [0.2, 0.25) is 0 Å². The highest BCUT2D eigenvalue weighted by Crippen LogP contribution is 2.13. The number of carboxylic acids is 1. The van der Waals surface area contributed by atoms with E-state index < -0.39 is 5.97 Å². The van der Waals surface area contributed by atoms with Crippen LogP contribution in [-0.2, 0) is 11.2 Å². The molecule has 4 heteroatoms. The first-order chi connectivity index (χ1) is 6.65. The molecular formula is C10H9N2O2-. The number of benzene rings is 1. The second-order valence-corrected chi connectivity index (χ2v) is 3.25. The topological polar surface area (TPSA) is 68.8 Å². The van der Waals surface area contributed by atoms with Crippen molar-refractivity contribution in [1.29, 1.82) is 0 Å². The van der Waals surface area contributed by atoms with Crippen LogP contribution in [0.25, 0.3) is 11.0 Å². The predicted molar refractivity (Wildman–Crippen MR) is 49.5 cm³/mol. The van der Waals surface area contributed by atoms with Gasteiger partial charge < -0.3 is 14.9 Å². The van der Waals surface area contributed by atoms with Crippen molar-refractivity contribution in [1.82, 2.24) is 9.97 Å². The number of hydrogen-bond acceptors (Lipinski definition) is 3. The van der Waals surface area contributed by atoms with Crippen LogP contribution in [0.15, 0.2) is 18.2 Å². The molecule has 1 aromatic carbocycles.